The van der Waals surface area contributed by atoms with Gasteiger partial charge in [-0.1, -0.05) is 56.1 Å². The lowest BCUT2D eigenvalue weighted by atomic mass is 9.95. The van der Waals surface area contributed by atoms with E-state index in [1.807, 2.05) is 24.3 Å². The minimum Gasteiger partial charge on any atom is -0.252 e. The summed E-state index contributed by atoms with van der Waals surface area (Å²) in [5.74, 6) is 0. The van der Waals surface area contributed by atoms with Crippen molar-refractivity contribution in [1.82, 2.24) is 19.9 Å². The third-order valence-corrected chi connectivity index (χ3v) is 5.67. The van der Waals surface area contributed by atoms with Gasteiger partial charge in [-0.2, -0.15) is 0 Å². The Hall–Kier alpha value is -2.70. The predicted octanol–water partition coefficient (Wildman–Crippen LogP) is 6.43. The molecule has 0 aliphatic rings. The molecular formula is C22H12Br2N4. The third kappa shape index (κ3) is 2.89. The first-order valence-electron chi connectivity index (χ1n) is 8.61. The molecule has 2 aromatic heterocycles. The lowest BCUT2D eigenvalue weighted by molar-refractivity contribution is 1.27. The minimum absolute atomic E-state index is 0.816. The van der Waals surface area contributed by atoms with E-state index in [0.29, 0.717) is 0 Å². The lowest BCUT2D eigenvalue weighted by Crippen LogP contribution is -1.97. The van der Waals surface area contributed by atoms with Gasteiger partial charge < -0.3 is 0 Å². The Morgan fingerprint density at radius 2 is 0.714 bits per heavy atom. The van der Waals surface area contributed by atoms with Crippen molar-refractivity contribution in [3.8, 4) is 22.3 Å². The van der Waals surface area contributed by atoms with E-state index in [1.165, 1.54) is 0 Å². The maximum absolute atomic E-state index is 4.68. The summed E-state index contributed by atoms with van der Waals surface area (Å²) >= 11 is 7.01. The van der Waals surface area contributed by atoms with Gasteiger partial charge in [0.15, 0.2) is 0 Å². The fourth-order valence-electron chi connectivity index (χ4n) is 3.41. The molecule has 6 heteroatoms. The number of aromatic nitrogens is 4. The molecule has 2 heterocycles. The first kappa shape index (κ1) is 17.4. The van der Waals surface area contributed by atoms with Gasteiger partial charge >= 0.3 is 0 Å². The van der Waals surface area contributed by atoms with Crippen molar-refractivity contribution >= 4 is 53.9 Å². The van der Waals surface area contributed by atoms with Crippen molar-refractivity contribution in [2.24, 2.45) is 0 Å². The van der Waals surface area contributed by atoms with Gasteiger partial charge in [0, 0.05) is 44.9 Å². The van der Waals surface area contributed by atoms with Gasteiger partial charge in [0.1, 0.15) is 0 Å². The van der Waals surface area contributed by atoms with Crippen molar-refractivity contribution in [2.75, 3.05) is 0 Å². The van der Waals surface area contributed by atoms with Gasteiger partial charge in [-0.3, -0.25) is 19.9 Å². The van der Waals surface area contributed by atoms with E-state index >= 15 is 0 Å². The highest BCUT2D eigenvalue weighted by atomic mass is 79.9. The molecule has 0 aliphatic carbocycles. The lowest BCUT2D eigenvalue weighted by Gasteiger charge is -2.14. The molecule has 134 valence electrons. The highest BCUT2D eigenvalue weighted by Crippen LogP contribution is 2.40. The molecule has 0 bridgehead atoms. The molecule has 0 spiro atoms. The Balaban J connectivity index is 1.96. The Morgan fingerprint density at radius 1 is 0.429 bits per heavy atom. The van der Waals surface area contributed by atoms with Gasteiger partial charge in [-0.25, -0.2) is 0 Å². The predicted molar refractivity (Wildman–Crippen MR) is 119 cm³/mol. The van der Waals surface area contributed by atoms with Crippen molar-refractivity contribution in [1.29, 1.82) is 0 Å². The van der Waals surface area contributed by atoms with Crippen LogP contribution in [-0.2, 0) is 0 Å². The molecule has 0 saturated heterocycles. The van der Waals surface area contributed by atoms with Gasteiger partial charge in [0.25, 0.3) is 0 Å². The number of halogens is 2. The molecule has 3 aromatic carbocycles. The Morgan fingerprint density at radius 3 is 1.00 bits per heavy atom. The van der Waals surface area contributed by atoms with Crippen LogP contribution < -0.4 is 0 Å². The van der Waals surface area contributed by atoms with Crippen LogP contribution in [0.15, 0.2) is 82.3 Å². The van der Waals surface area contributed by atoms with E-state index in [2.05, 4.69) is 76.1 Å². The number of nitrogens with zero attached hydrogens (tertiary/aromatic N) is 4. The molecule has 0 N–H and O–H groups in total. The SMILES string of the molecule is Brc1ccc(-c2c3nccnc3c(-c3ccc(Br)cc3)c3nccnc23)cc1. The van der Waals surface area contributed by atoms with Crippen LogP contribution in [-0.4, -0.2) is 19.9 Å². The van der Waals surface area contributed by atoms with E-state index in [4.69, 9.17) is 0 Å². The average Bonchev–Trinajstić information content (AvgIpc) is 2.74. The van der Waals surface area contributed by atoms with Crippen LogP contribution in [0.4, 0.5) is 0 Å². The van der Waals surface area contributed by atoms with Gasteiger partial charge in [0.2, 0.25) is 0 Å². The number of rotatable bonds is 2. The largest absolute Gasteiger partial charge is 0.252 e. The second-order valence-corrected chi connectivity index (χ2v) is 8.10. The van der Waals surface area contributed by atoms with E-state index in [9.17, 15) is 0 Å². The fourth-order valence-corrected chi connectivity index (χ4v) is 3.94. The first-order valence-corrected chi connectivity index (χ1v) is 10.2. The Kier molecular flexibility index (Phi) is 4.37. The van der Waals surface area contributed by atoms with Crippen LogP contribution in [0.1, 0.15) is 0 Å². The standard InChI is InChI=1S/C22H12Br2N4/c23-15-5-1-13(2-6-15)17-19-21(27-11-9-25-19)18(14-3-7-16(24)8-4-14)22-20(17)26-10-12-28-22/h1-12H. The molecule has 5 rings (SSSR count). The zero-order valence-electron chi connectivity index (χ0n) is 14.5. The maximum atomic E-state index is 4.68. The second kappa shape index (κ2) is 7.04. The highest BCUT2D eigenvalue weighted by Gasteiger charge is 2.20. The van der Waals surface area contributed by atoms with E-state index in [-0.39, 0.29) is 0 Å². The zero-order valence-corrected chi connectivity index (χ0v) is 17.6. The highest BCUT2D eigenvalue weighted by molar-refractivity contribution is 9.10. The maximum Gasteiger partial charge on any atom is 0.0994 e. The third-order valence-electron chi connectivity index (χ3n) is 4.61. The van der Waals surface area contributed by atoms with E-state index in [1.54, 1.807) is 24.8 Å². The van der Waals surface area contributed by atoms with Gasteiger partial charge in [-0.15, -0.1) is 0 Å². The summed E-state index contributed by atoms with van der Waals surface area (Å²) in [5.41, 5.74) is 7.21. The van der Waals surface area contributed by atoms with Gasteiger partial charge in [-0.05, 0) is 35.4 Å². The summed E-state index contributed by atoms with van der Waals surface area (Å²) in [5, 5.41) is 0. The molecule has 28 heavy (non-hydrogen) atoms. The number of hydrogen-bond donors (Lipinski definition) is 0. The Bertz CT molecular complexity index is 1160. The fraction of sp³-hybridized carbons (Fsp3) is 0. The average molecular weight is 492 g/mol. The summed E-state index contributed by atoms with van der Waals surface area (Å²) in [6.45, 7) is 0. The molecule has 0 atom stereocenters. The molecule has 0 unspecified atom stereocenters. The summed E-state index contributed by atoms with van der Waals surface area (Å²) in [6.07, 6.45) is 6.88. The summed E-state index contributed by atoms with van der Waals surface area (Å²) in [4.78, 5) is 18.7. The van der Waals surface area contributed by atoms with Crippen molar-refractivity contribution in [3.05, 3.63) is 82.3 Å². The van der Waals surface area contributed by atoms with Crippen molar-refractivity contribution < 1.29 is 0 Å². The van der Waals surface area contributed by atoms with Crippen molar-refractivity contribution in [3.63, 3.8) is 0 Å². The number of fused-ring (bicyclic) bond motifs is 2. The number of benzene rings is 3. The molecule has 0 saturated carbocycles. The van der Waals surface area contributed by atoms with Crippen LogP contribution >= 0.6 is 31.9 Å². The molecule has 4 nitrogen and oxygen atoms in total. The molecule has 0 fully saturated rings. The monoisotopic (exact) mass is 490 g/mol. The molecule has 0 aliphatic heterocycles. The van der Waals surface area contributed by atoms with Crippen LogP contribution in [0.5, 0.6) is 0 Å². The molecular weight excluding hydrogens is 480 g/mol. The van der Waals surface area contributed by atoms with Crippen molar-refractivity contribution in [2.45, 2.75) is 0 Å². The molecule has 0 radical (unpaired) electrons. The molecule has 0 amide bonds. The number of hydrogen-bond acceptors (Lipinski definition) is 4. The first-order chi connectivity index (χ1) is 13.7. The van der Waals surface area contributed by atoms with E-state index in [0.717, 1.165) is 53.3 Å². The quantitative estimate of drug-likeness (QED) is 0.267. The van der Waals surface area contributed by atoms with E-state index < -0.39 is 0 Å². The summed E-state index contributed by atoms with van der Waals surface area (Å²) in [6, 6.07) is 16.3. The smallest absolute Gasteiger partial charge is 0.0994 e. The Labute approximate surface area is 178 Å². The van der Waals surface area contributed by atoms with Crippen LogP contribution in [0.25, 0.3) is 44.3 Å². The summed E-state index contributed by atoms with van der Waals surface area (Å²) < 4.78 is 2.04. The topological polar surface area (TPSA) is 51.6 Å². The van der Waals surface area contributed by atoms with Crippen LogP contribution in [0.2, 0.25) is 0 Å². The summed E-state index contributed by atoms with van der Waals surface area (Å²) in [7, 11) is 0. The van der Waals surface area contributed by atoms with Crippen LogP contribution in [0, 0.1) is 0 Å². The zero-order chi connectivity index (χ0) is 19.1. The minimum atomic E-state index is 0.816. The second-order valence-electron chi connectivity index (χ2n) is 6.27. The normalized spacial score (nSPS) is 11.2. The molecule has 5 aromatic rings. The van der Waals surface area contributed by atoms with Crippen LogP contribution in [0.3, 0.4) is 0 Å². The van der Waals surface area contributed by atoms with Gasteiger partial charge in [0.05, 0.1) is 22.1 Å².